The minimum absolute atomic E-state index is 0.0968. The van der Waals surface area contributed by atoms with Gasteiger partial charge in [-0.25, -0.2) is 4.98 Å². The van der Waals surface area contributed by atoms with Crippen LogP contribution in [0.4, 0.5) is 0 Å². The van der Waals surface area contributed by atoms with Gasteiger partial charge in [-0.15, -0.1) is 0 Å². The zero-order valence-electron chi connectivity index (χ0n) is 13.9. The highest BCUT2D eigenvalue weighted by atomic mass is 16.5. The van der Waals surface area contributed by atoms with E-state index in [-0.39, 0.29) is 11.8 Å². The van der Waals surface area contributed by atoms with E-state index < -0.39 is 0 Å². The van der Waals surface area contributed by atoms with Crippen LogP contribution in [-0.2, 0) is 11.2 Å². The molecular weight excluding hydrogens is 292 g/mol. The molecule has 0 saturated carbocycles. The van der Waals surface area contributed by atoms with Crippen molar-refractivity contribution in [3.8, 4) is 17.1 Å². The van der Waals surface area contributed by atoms with Crippen LogP contribution in [0.2, 0.25) is 0 Å². The first kappa shape index (κ1) is 17.0. The van der Waals surface area contributed by atoms with Crippen molar-refractivity contribution in [2.24, 2.45) is 5.92 Å². The molecule has 0 unspecified atom stereocenters. The lowest BCUT2D eigenvalue weighted by Crippen LogP contribution is -2.31. The SMILES string of the molecule is CCC(CC)C(=O)NCCc1nc(-c2ccc(OC)cc2)n[nH]1. The maximum atomic E-state index is 11.9. The van der Waals surface area contributed by atoms with Crippen molar-refractivity contribution in [1.29, 1.82) is 0 Å². The van der Waals surface area contributed by atoms with Gasteiger partial charge in [-0.3, -0.25) is 9.89 Å². The fraction of sp³-hybridized carbons (Fsp3) is 0.471. The first-order valence-electron chi connectivity index (χ1n) is 8.01. The van der Waals surface area contributed by atoms with Crippen LogP contribution in [-0.4, -0.2) is 34.7 Å². The molecule has 0 radical (unpaired) electrons. The van der Waals surface area contributed by atoms with Gasteiger partial charge in [0.1, 0.15) is 11.6 Å². The van der Waals surface area contributed by atoms with Crippen LogP contribution < -0.4 is 10.1 Å². The number of rotatable bonds is 8. The molecule has 1 aromatic carbocycles. The Kier molecular flexibility index (Phi) is 6.14. The van der Waals surface area contributed by atoms with Gasteiger partial charge in [-0.1, -0.05) is 13.8 Å². The maximum Gasteiger partial charge on any atom is 0.223 e. The van der Waals surface area contributed by atoms with Crippen LogP contribution in [0.5, 0.6) is 5.75 Å². The Labute approximate surface area is 136 Å². The summed E-state index contributed by atoms with van der Waals surface area (Å²) >= 11 is 0. The maximum absolute atomic E-state index is 11.9. The number of methoxy groups -OCH3 is 1. The fourth-order valence-electron chi connectivity index (χ4n) is 2.38. The molecule has 0 fully saturated rings. The Balaban J connectivity index is 1.88. The van der Waals surface area contributed by atoms with Crippen molar-refractivity contribution in [1.82, 2.24) is 20.5 Å². The molecule has 0 bridgehead atoms. The lowest BCUT2D eigenvalue weighted by atomic mass is 10.0. The van der Waals surface area contributed by atoms with Gasteiger partial charge in [-0.2, -0.15) is 5.10 Å². The Hall–Kier alpha value is -2.37. The first-order valence-corrected chi connectivity index (χ1v) is 8.01. The summed E-state index contributed by atoms with van der Waals surface area (Å²) in [6, 6.07) is 7.59. The predicted octanol–water partition coefficient (Wildman–Crippen LogP) is 2.58. The summed E-state index contributed by atoms with van der Waals surface area (Å²) in [4.78, 5) is 16.4. The van der Waals surface area contributed by atoms with Crippen molar-refractivity contribution in [2.75, 3.05) is 13.7 Å². The largest absolute Gasteiger partial charge is 0.497 e. The van der Waals surface area contributed by atoms with Crippen molar-refractivity contribution in [2.45, 2.75) is 33.1 Å². The number of benzene rings is 1. The highest BCUT2D eigenvalue weighted by Gasteiger charge is 2.13. The average Bonchev–Trinajstić information content (AvgIpc) is 3.05. The van der Waals surface area contributed by atoms with Crippen LogP contribution in [0.15, 0.2) is 24.3 Å². The molecule has 1 aromatic heterocycles. The molecule has 0 aliphatic carbocycles. The predicted molar refractivity (Wildman–Crippen MR) is 89.2 cm³/mol. The smallest absolute Gasteiger partial charge is 0.223 e. The van der Waals surface area contributed by atoms with Gasteiger partial charge < -0.3 is 10.1 Å². The number of H-pyrrole nitrogens is 1. The van der Waals surface area contributed by atoms with E-state index in [2.05, 4.69) is 20.5 Å². The average molecular weight is 316 g/mol. The van der Waals surface area contributed by atoms with Gasteiger partial charge in [0.15, 0.2) is 5.82 Å². The van der Waals surface area contributed by atoms with E-state index in [1.165, 1.54) is 0 Å². The van der Waals surface area contributed by atoms with Crippen molar-refractivity contribution in [3.63, 3.8) is 0 Å². The van der Waals surface area contributed by atoms with E-state index in [9.17, 15) is 4.79 Å². The number of aromatic nitrogens is 3. The number of amides is 1. The van der Waals surface area contributed by atoms with Crippen LogP contribution in [0, 0.1) is 5.92 Å². The minimum atomic E-state index is 0.0968. The van der Waals surface area contributed by atoms with E-state index >= 15 is 0 Å². The topological polar surface area (TPSA) is 79.9 Å². The lowest BCUT2D eigenvalue weighted by molar-refractivity contribution is -0.125. The highest BCUT2D eigenvalue weighted by Crippen LogP contribution is 2.18. The number of carbonyl (C=O) groups is 1. The van der Waals surface area contributed by atoms with E-state index in [0.717, 1.165) is 30.0 Å². The number of nitrogens with one attached hydrogen (secondary N) is 2. The molecule has 1 amide bonds. The number of carbonyl (C=O) groups excluding carboxylic acids is 1. The number of aromatic amines is 1. The zero-order valence-corrected chi connectivity index (χ0v) is 13.9. The molecule has 2 N–H and O–H groups in total. The molecule has 0 aliphatic heterocycles. The minimum Gasteiger partial charge on any atom is -0.497 e. The van der Waals surface area contributed by atoms with E-state index in [4.69, 9.17) is 4.74 Å². The normalized spacial score (nSPS) is 10.8. The zero-order chi connectivity index (χ0) is 16.7. The molecule has 2 rings (SSSR count). The Morgan fingerprint density at radius 3 is 2.57 bits per heavy atom. The van der Waals surface area contributed by atoms with Gasteiger partial charge in [0.25, 0.3) is 0 Å². The number of hydrogen-bond donors (Lipinski definition) is 2. The van der Waals surface area contributed by atoms with Gasteiger partial charge in [0, 0.05) is 24.4 Å². The second-order valence-corrected chi connectivity index (χ2v) is 5.39. The summed E-state index contributed by atoms with van der Waals surface area (Å²) in [5, 5.41) is 10.1. The lowest BCUT2D eigenvalue weighted by Gasteiger charge is -2.11. The van der Waals surface area contributed by atoms with Crippen LogP contribution in [0.1, 0.15) is 32.5 Å². The summed E-state index contributed by atoms with van der Waals surface area (Å²) in [6.07, 6.45) is 2.37. The summed E-state index contributed by atoms with van der Waals surface area (Å²) in [5.41, 5.74) is 0.925. The molecule has 0 spiro atoms. The molecule has 6 nitrogen and oxygen atoms in total. The van der Waals surface area contributed by atoms with Crippen molar-refractivity contribution < 1.29 is 9.53 Å². The highest BCUT2D eigenvalue weighted by molar-refractivity contribution is 5.78. The van der Waals surface area contributed by atoms with Gasteiger partial charge >= 0.3 is 0 Å². The van der Waals surface area contributed by atoms with Crippen LogP contribution in [0.25, 0.3) is 11.4 Å². The molecule has 6 heteroatoms. The molecular formula is C17H24N4O2. The Morgan fingerprint density at radius 2 is 1.96 bits per heavy atom. The molecule has 124 valence electrons. The van der Waals surface area contributed by atoms with Crippen molar-refractivity contribution in [3.05, 3.63) is 30.1 Å². The first-order chi connectivity index (χ1) is 11.2. The summed E-state index contributed by atoms with van der Waals surface area (Å²) in [6.45, 7) is 4.63. The second kappa shape index (κ2) is 8.31. The summed E-state index contributed by atoms with van der Waals surface area (Å²) in [7, 11) is 1.63. The van der Waals surface area contributed by atoms with Crippen LogP contribution in [0.3, 0.4) is 0 Å². The Morgan fingerprint density at radius 1 is 1.26 bits per heavy atom. The third-order valence-electron chi connectivity index (χ3n) is 3.90. The van der Waals surface area contributed by atoms with Gasteiger partial charge in [0.2, 0.25) is 5.91 Å². The van der Waals surface area contributed by atoms with E-state index in [0.29, 0.717) is 18.8 Å². The molecule has 0 atom stereocenters. The molecule has 0 saturated heterocycles. The third kappa shape index (κ3) is 4.55. The monoisotopic (exact) mass is 316 g/mol. The number of ether oxygens (including phenoxy) is 1. The Bertz CT molecular complexity index is 618. The standard InChI is InChI=1S/C17H24N4O2/c1-4-12(5-2)17(22)18-11-10-15-19-16(21-20-15)13-6-8-14(23-3)9-7-13/h6-9,12H,4-5,10-11H2,1-3H3,(H,18,22)(H,19,20,21). The van der Waals surface area contributed by atoms with E-state index in [1.807, 2.05) is 38.1 Å². The van der Waals surface area contributed by atoms with Gasteiger partial charge in [-0.05, 0) is 37.1 Å². The van der Waals surface area contributed by atoms with E-state index in [1.54, 1.807) is 7.11 Å². The second-order valence-electron chi connectivity index (χ2n) is 5.39. The van der Waals surface area contributed by atoms with Crippen LogP contribution >= 0.6 is 0 Å². The summed E-state index contributed by atoms with van der Waals surface area (Å²) in [5.74, 6) is 2.42. The quantitative estimate of drug-likeness (QED) is 0.784. The molecule has 1 heterocycles. The fourth-order valence-corrected chi connectivity index (χ4v) is 2.38. The number of nitrogens with zero attached hydrogens (tertiary/aromatic N) is 2. The summed E-state index contributed by atoms with van der Waals surface area (Å²) < 4.78 is 5.13. The molecule has 2 aromatic rings. The molecule has 23 heavy (non-hydrogen) atoms. The molecule has 0 aliphatic rings. The number of hydrogen-bond acceptors (Lipinski definition) is 4. The third-order valence-corrected chi connectivity index (χ3v) is 3.90. The van der Waals surface area contributed by atoms with Crippen molar-refractivity contribution >= 4 is 5.91 Å². The van der Waals surface area contributed by atoms with Gasteiger partial charge in [0.05, 0.1) is 7.11 Å².